The van der Waals surface area contributed by atoms with E-state index in [1.54, 1.807) is 0 Å². The van der Waals surface area contributed by atoms with E-state index in [9.17, 15) is 0 Å². The fourth-order valence-corrected chi connectivity index (χ4v) is 3.44. The molecule has 1 N–H and O–H groups in total. The van der Waals surface area contributed by atoms with Crippen molar-refractivity contribution in [3.05, 3.63) is 58.7 Å². The van der Waals surface area contributed by atoms with E-state index in [1.807, 2.05) is 18.3 Å². The summed E-state index contributed by atoms with van der Waals surface area (Å²) in [6.07, 6.45) is 3.13. The lowest BCUT2D eigenvalue weighted by molar-refractivity contribution is 0.314. The fourth-order valence-electron chi connectivity index (χ4n) is 3.32. The molecule has 0 spiro atoms. The SMILES string of the molecule is CN1CCc2c(-c3ccc(Cl)cc3)cc3cc[nH]c3c2C1. The molecule has 3 heteroatoms. The lowest BCUT2D eigenvalue weighted by Gasteiger charge is -2.27. The van der Waals surface area contributed by atoms with Gasteiger partial charge in [0.05, 0.1) is 5.52 Å². The molecule has 0 aliphatic carbocycles. The number of benzene rings is 2. The second kappa shape index (κ2) is 4.90. The summed E-state index contributed by atoms with van der Waals surface area (Å²) < 4.78 is 0. The number of rotatable bonds is 1. The standard InChI is InChI=1S/C18H17ClN2/c1-21-9-7-15-16(12-2-4-14(19)5-3-12)10-13-6-8-20-18(13)17(15)11-21/h2-6,8,10,20H,7,9,11H2,1H3. The third kappa shape index (κ3) is 2.15. The van der Waals surface area contributed by atoms with E-state index >= 15 is 0 Å². The fraction of sp³-hybridized carbons (Fsp3) is 0.222. The highest BCUT2D eigenvalue weighted by molar-refractivity contribution is 6.30. The number of aromatic nitrogens is 1. The lowest BCUT2D eigenvalue weighted by atomic mass is 9.89. The van der Waals surface area contributed by atoms with Crippen LogP contribution in [0.3, 0.4) is 0 Å². The summed E-state index contributed by atoms with van der Waals surface area (Å²) in [6, 6.07) is 12.6. The van der Waals surface area contributed by atoms with Crippen LogP contribution < -0.4 is 0 Å². The molecule has 2 nitrogen and oxygen atoms in total. The van der Waals surface area contributed by atoms with Gasteiger partial charge in [-0.05, 0) is 60.0 Å². The molecule has 1 aliphatic heterocycles. The largest absolute Gasteiger partial charge is 0.361 e. The Kier molecular flexibility index (Phi) is 3.02. The molecule has 1 aliphatic rings. The average Bonchev–Trinajstić information content (AvgIpc) is 2.96. The third-order valence-corrected chi connectivity index (χ3v) is 4.65. The third-order valence-electron chi connectivity index (χ3n) is 4.40. The molecule has 1 aromatic heterocycles. The second-order valence-corrected chi connectivity index (χ2v) is 6.25. The van der Waals surface area contributed by atoms with Gasteiger partial charge in [-0.2, -0.15) is 0 Å². The van der Waals surface area contributed by atoms with Crippen LogP contribution in [0.1, 0.15) is 11.1 Å². The van der Waals surface area contributed by atoms with Crippen LogP contribution in [0, 0.1) is 0 Å². The molecule has 0 unspecified atom stereocenters. The summed E-state index contributed by atoms with van der Waals surface area (Å²) in [5.41, 5.74) is 6.81. The quantitative estimate of drug-likeness (QED) is 0.701. The monoisotopic (exact) mass is 296 g/mol. The highest BCUT2D eigenvalue weighted by Gasteiger charge is 2.20. The van der Waals surface area contributed by atoms with E-state index in [1.165, 1.54) is 33.2 Å². The minimum absolute atomic E-state index is 0.787. The van der Waals surface area contributed by atoms with E-state index < -0.39 is 0 Å². The predicted octanol–water partition coefficient (Wildman–Crippen LogP) is 4.48. The summed E-state index contributed by atoms with van der Waals surface area (Å²) in [7, 11) is 2.19. The molecule has 2 heterocycles. The van der Waals surface area contributed by atoms with Crippen molar-refractivity contribution in [1.82, 2.24) is 9.88 Å². The summed E-state index contributed by atoms with van der Waals surface area (Å²) in [5.74, 6) is 0. The number of hydrogen-bond acceptors (Lipinski definition) is 1. The summed E-state index contributed by atoms with van der Waals surface area (Å²) in [4.78, 5) is 5.79. The van der Waals surface area contributed by atoms with Gasteiger partial charge in [-0.25, -0.2) is 0 Å². The highest BCUT2D eigenvalue weighted by Crippen LogP contribution is 2.35. The van der Waals surface area contributed by atoms with Gasteiger partial charge < -0.3 is 9.88 Å². The number of halogens is 1. The van der Waals surface area contributed by atoms with Gasteiger partial charge >= 0.3 is 0 Å². The molecule has 0 bridgehead atoms. The van der Waals surface area contributed by atoms with Crippen molar-refractivity contribution in [3.63, 3.8) is 0 Å². The van der Waals surface area contributed by atoms with Crippen molar-refractivity contribution in [1.29, 1.82) is 0 Å². The molecule has 4 rings (SSSR count). The summed E-state index contributed by atoms with van der Waals surface area (Å²) in [6.45, 7) is 2.12. The smallest absolute Gasteiger partial charge is 0.0502 e. The maximum atomic E-state index is 6.03. The van der Waals surface area contributed by atoms with Gasteiger partial charge in [-0.3, -0.25) is 0 Å². The first-order valence-corrected chi connectivity index (χ1v) is 7.66. The van der Waals surface area contributed by atoms with Crippen LogP contribution in [0.5, 0.6) is 0 Å². The first-order valence-electron chi connectivity index (χ1n) is 7.29. The van der Waals surface area contributed by atoms with Crippen molar-refractivity contribution < 1.29 is 0 Å². The molecular formula is C18H17ClN2. The van der Waals surface area contributed by atoms with Gasteiger partial charge in [0.15, 0.2) is 0 Å². The van der Waals surface area contributed by atoms with Crippen LogP contribution >= 0.6 is 11.6 Å². The van der Waals surface area contributed by atoms with Crippen molar-refractivity contribution >= 4 is 22.5 Å². The molecule has 21 heavy (non-hydrogen) atoms. The molecule has 2 aromatic carbocycles. The number of aromatic amines is 1. The number of nitrogens with zero attached hydrogens (tertiary/aromatic N) is 1. The van der Waals surface area contributed by atoms with E-state index in [2.05, 4.69) is 41.2 Å². The maximum absolute atomic E-state index is 6.03. The highest BCUT2D eigenvalue weighted by atomic mass is 35.5. The maximum Gasteiger partial charge on any atom is 0.0502 e. The normalized spacial score (nSPS) is 15.3. The molecule has 0 atom stereocenters. The molecule has 106 valence electrons. The van der Waals surface area contributed by atoms with Gasteiger partial charge in [0.25, 0.3) is 0 Å². The topological polar surface area (TPSA) is 19.0 Å². The zero-order valence-corrected chi connectivity index (χ0v) is 12.7. The first-order chi connectivity index (χ1) is 10.2. The molecule has 0 saturated heterocycles. The molecular weight excluding hydrogens is 280 g/mol. The molecule has 0 saturated carbocycles. The van der Waals surface area contributed by atoms with Crippen LogP contribution in [0.4, 0.5) is 0 Å². The lowest BCUT2D eigenvalue weighted by Crippen LogP contribution is -2.27. The Bertz CT molecular complexity index is 802. The van der Waals surface area contributed by atoms with Gasteiger partial charge in [0, 0.05) is 29.7 Å². The van der Waals surface area contributed by atoms with Crippen molar-refractivity contribution in [2.45, 2.75) is 13.0 Å². The summed E-state index contributed by atoms with van der Waals surface area (Å²) >= 11 is 6.03. The predicted molar refractivity (Wildman–Crippen MR) is 88.8 cm³/mol. The van der Waals surface area contributed by atoms with E-state index in [4.69, 9.17) is 11.6 Å². The Balaban J connectivity index is 1.98. The van der Waals surface area contributed by atoms with Crippen molar-refractivity contribution in [3.8, 4) is 11.1 Å². The van der Waals surface area contributed by atoms with E-state index in [0.717, 1.165) is 24.5 Å². The molecule has 0 radical (unpaired) electrons. The van der Waals surface area contributed by atoms with Crippen LogP contribution in [-0.2, 0) is 13.0 Å². The van der Waals surface area contributed by atoms with Gasteiger partial charge in [-0.1, -0.05) is 23.7 Å². The van der Waals surface area contributed by atoms with Gasteiger partial charge in [0.2, 0.25) is 0 Å². The molecule has 3 aromatic rings. The number of hydrogen-bond donors (Lipinski definition) is 1. The zero-order valence-electron chi connectivity index (χ0n) is 12.0. The van der Waals surface area contributed by atoms with Crippen molar-refractivity contribution in [2.24, 2.45) is 0 Å². The minimum atomic E-state index is 0.787. The Morgan fingerprint density at radius 3 is 2.71 bits per heavy atom. The Hall–Kier alpha value is -1.77. The van der Waals surface area contributed by atoms with E-state index in [0.29, 0.717) is 0 Å². The Morgan fingerprint density at radius 1 is 1.10 bits per heavy atom. The van der Waals surface area contributed by atoms with Gasteiger partial charge in [-0.15, -0.1) is 0 Å². The van der Waals surface area contributed by atoms with Crippen LogP contribution in [0.15, 0.2) is 42.6 Å². The summed E-state index contributed by atoms with van der Waals surface area (Å²) in [5, 5.41) is 2.07. The van der Waals surface area contributed by atoms with Crippen LogP contribution in [0.2, 0.25) is 5.02 Å². The number of nitrogens with one attached hydrogen (secondary N) is 1. The number of likely N-dealkylation sites (N-methyl/N-ethyl adjacent to an activating group) is 1. The second-order valence-electron chi connectivity index (χ2n) is 5.82. The molecule has 0 fully saturated rings. The van der Waals surface area contributed by atoms with E-state index in [-0.39, 0.29) is 0 Å². The minimum Gasteiger partial charge on any atom is -0.361 e. The Labute approximate surface area is 129 Å². The van der Waals surface area contributed by atoms with Crippen molar-refractivity contribution in [2.75, 3.05) is 13.6 Å². The zero-order chi connectivity index (χ0) is 14.4. The number of H-pyrrole nitrogens is 1. The van der Waals surface area contributed by atoms with Gasteiger partial charge in [0.1, 0.15) is 0 Å². The Morgan fingerprint density at radius 2 is 1.90 bits per heavy atom. The van der Waals surface area contributed by atoms with Crippen LogP contribution in [-0.4, -0.2) is 23.5 Å². The number of fused-ring (bicyclic) bond motifs is 3. The molecule has 0 amide bonds. The van der Waals surface area contributed by atoms with Crippen LogP contribution in [0.25, 0.3) is 22.0 Å². The average molecular weight is 297 g/mol. The first kappa shape index (κ1) is 12.9.